The van der Waals surface area contributed by atoms with Crippen LogP contribution in [0.1, 0.15) is 52.9 Å². The zero-order valence-corrected chi connectivity index (χ0v) is 10.3. The molecule has 86 valence electrons. The lowest BCUT2D eigenvalue weighted by Gasteiger charge is -2.39. The Morgan fingerprint density at radius 3 is 2.60 bits per heavy atom. The van der Waals surface area contributed by atoms with Crippen LogP contribution in [0.4, 0.5) is 0 Å². The highest BCUT2D eigenvalue weighted by Crippen LogP contribution is 2.71. The van der Waals surface area contributed by atoms with E-state index in [1.807, 2.05) is 0 Å². The van der Waals surface area contributed by atoms with Gasteiger partial charge in [-0.15, -0.1) is 0 Å². The van der Waals surface area contributed by atoms with Gasteiger partial charge in [-0.2, -0.15) is 0 Å². The van der Waals surface area contributed by atoms with Crippen LogP contribution in [0.25, 0.3) is 0 Å². The molecule has 3 rings (SSSR count). The van der Waals surface area contributed by atoms with Gasteiger partial charge in [-0.25, -0.2) is 0 Å². The first-order chi connectivity index (χ1) is 6.97. The molecule has 0 saturated heterocycles. The Kier molecular flexibility index (Phi) is 1.89. The average Bonchev–Trinajstić information content (AvgIpc) is 2.50. The summed E-state index contributed by atoms with van der Waals surface area (Å²) in [5, 5.41) is 10.1. The Bertz CT molecular complexity index is 283. The van der Waals surface area contributed by atoms with Crippen molar-refractivity contribution in [3.63, 3.8) is 0 Å². The third-order valence-electron chi connectivity index (χ3n) is 6.31. The molecule has 1 N–H and O–H groups in total. The number of hydrogen-bond acceptors (Lipinski definition) is 1. The molecule has 1 spiro atoms. The molecule has 0 heterocycles. The molecule has 0 aromatic carbocycles. The van der Waals surface area contributed by atoms with E-state index in [0.29, 0.717) is 10.8 Å². The summed E-state index contributed by atoms with van der Waals surface area (Å²) >= 11 is 0. The fourth-order valence-corrected chi connectivity index (χ4v) is 5.46. The van der Waals surface area contributed by atoms with Gasteiger partial charge in [-0.3, -0.25) is 0 Å². The summed E-state index contributed by atoms with van der Waals surface area (Å²) in [6.45, 7) is 7.34. The van der Waals surface area contributed by atoms with Crippen molar-refractivity contribution < 1.29 is 5.11 Å². The highest BCUT2D eigenvalue weighted by Gasteiger charge is 2.64. The summed E-state index contributed by atoms with van der Waals surface area (Å²) in [5.41, 5.74) is 1.01. The maximum atomic E-state index is 10.1. The Balaban J connectivity index is 2.04. The SMILES string of the molecule is C[C@@H]1CC[C@H]2C(C)(C)[C@@H]3CC(O)C[C@]12C3. The van der Waals surface area contributed by atoms with Crippen molar-refractivity contribution in [2.45, 2.75) is 59.0 Å². The van der Waals surface area contributed by atoms with Crippen LogP contribution in [-0.2, 0) is 0 Å². The van der Waals surface area contributed by atoms with Crippen LogP contribution in [0.3, 0.4) is 0 Å². The third-order valence-corrected chi connectivity index (χ3v) is 6.31. The number of aliphatic hydroxyl groups excluding tert-OH is 1. The second-order valence-corrected chi connectivity index (χ2v) is 7.08. The monoisotopic (exact) mass is 208 g/mol. The fourth-order valence-electron chi connectivity index (χ4n) is 5.46. The van der Waals surface area contributed by atoms with Gasteiger partial charge in [0.1, 0.15) is 0 Å². The second kappa shape index (κ2) is 2.80. The van der Waals surface area contributed by atoms with E-state index < -0.39 is 0 Å². The van der Waals surface area contributed by atoms with E-state index in [-0.39, 0.29) is 6.10 Å². The molecule has 3 fully saturated rings. The number of fused-ring (bicyclic) bond motifs is 1. The van der Waals surface area contributed by atoms with Crippen LogP contribution in [0, 0.1) is 28.6 Å². The van der Waals surface area contributed by atoms with Crippen molar-refractivity contribution in [2.24, 2.45) is 28.6 Å². The minimum absolute atomic E-state index is 0.00595. The van der Waals surface area contributed by atoms with Crippen molar-refractivity contribution in [1.82, 2.24) is 0 Å². The van der Waals surface area contributed by atoms with Gasteiger partial charge in [0.05, 0.1) is 6.10 Å². The lowest BCUT2D eigenvalue weighted by molar-refractivity contribution is 0.0213. The standard InChI is InChI=1S/C14H24O/c1-9-4-5-12-13(2,3)10-6-11(15)8-14(9,12)7-10/h9-12,15H,4-8H2,1-3H3/t9-,10-,11?,12+,14-/m1/s1. The molecule has 1 unspecified atom stereocenters. The van der Waals surface area contributed by atoms with Gasteiger partial charge < -0.3 is 5.11 Å². The van der Waals surface area contributed by atoms with Gasteiger partial charge in [-0.05, 0) is 60.7 Å². The number of rotatable bonds is 0. The number of hydrogen-bond donors (Lipinski definition) is 1. The van der Waals surface area contributed by atoms with Gasteiger partial charge >= 0.3 is 0 Å². The molecule has 0 amide bonds. The van der Waals surface area contributed by atoms with E-state index in [2.05, 4.69) is 20.8 Å². The molecule has 0 radical (unpaired) electrons. The fraction of sp³-hybridized carbons (Fsp3) is 1.00. The first kappa shape index (κ1) is 10.1. The van der Waals surface area contributed by atoms with Crippen LogP contribution in [0.15, 0.2) is 0 Å². The minimum Gasteiger partial charge on any atom is -0.393 e. The Morgan fingerprint density at radius 2 is 1.87 bits per heavy atom. The molecule has 3 saturated carbocycles. The highest BCUT2D eigenvalue weighted by atomic mass is 16.3. The maximum Gasteiger partial charge on any atom is 0.0548 e. The maximum absolute atomic E-state index is 10.1. The lowest BCUT2D eigenvalue weighted by atomic mass is 9.67. The topological polar surface area (TPSA) is 20.2 Å². The van der Waals surface area contributed by atoms with Crippen LogP contribution in [0.5, 0.6) is 0 Å². The van der Waals surface area contributed by atoms with E-state index in [0.717, 1.165) is 30.6 Å². The normalized spacial score (nSPS) is 56.8. The zero-order valence-electron chi connectivity index (χ0n) is 10.3. The Labute approximate surface area is 93.3 Å². The molecular formula is C14H24O. The van der Waals surface area contributed by atoms with Crippen molar-refractivity contribution in [1.29, 1.82) is 0 Å². The lowest BCUT2D eigenvalue weighted by Crippen LogP contribution is -2.35. The molecule has 1 nitrogen and oxygen atoms in total. The van der Waals surface area contributed by atoms with Crippen molar-refractivity contribution in [2.75, 3.05) is 0 Å². The molecule has 1 heteroatoms. The molecular weight excluding hydrogens is 184 g/mol. The van der Waals surface area contributed by atoms with E-state index in [9.17, 15) is 5.11 Å². The minimum atomic E-state index is -0.00595. The quantitative estimate of drug-likeness (QED) is 0.648. The highest BCUT2D eigenvalue weighted by molar-refractivity contribution is 5.13. The average molecular weight is 208 g/mol. The number of aliphatic hydroxyl groups is 1. The Morgan fingerprint density at radius 1 is 1.13 bits per heavy atom. The summed E-state index contributed by atoms with van der Waals surface area (Å²) in [4.78, 5) is 0. The predicted molar refractivity (Wildman–Crippen MR) is 61.4 cm³/mol. The van der Waals surface area contributed by atoms with E-state index in [1.165, 1.54) is 19.3 Å². The van der Waals surface area contributed by atoms with Gasteiger partial charge in [0.2, 0.25) is 0 Å². The second-order valence-electron chi connectivity index (χ2n) is 7.08. The molecule has 2 bridgehead atoms. The van der Waals surface area contributed by atoms with E-state index >= 15 is 0 Å². The summed E-state index contributed by atoms with van der Waals surface area (Å²) in [6.07, 6.45) is 6.37. The first-order valence-electron chi connectivity index (χ1n) is 6.65. The van der Waals surface area contributed by atoms with Gasteiger partial charge in [0.25, 0.3) is 0 Å². The predicted octanol–water partition coefficient (Wildman–Crippen LogP) is 3.22. The Hall–Kier alpha value is -0.0400. The van der Waals surface area contributed by atoms with Gasteiger partial charge in [-0.1, -0.05) is 20.8 Å². The molecule has 15 heavy (non-hydrogen) atoms. The third kappa shape index (κ3) is 1.08. The summed E-state index contributed by atoms with van der Waals surface area (Å²) in [5.74, 6) is 2.53. The van der Waals surface area contributed by atoms with Crippen molar-refractivity contribution in [3.8, 4) is 0 Å². The smallest absolute Gasteiger partial charge is 0.0548 e. The molecule has 0 aromatic heterocycles. The summed E-state index contributed by atoms with van der Waals surface area (Å²) in [7, 11) is 0. The molecule has 0 aromatic rings. The summed E-state index contributed by atoms with van der Waals surface area (Å²) in [6, 6.07) is 0. The van der Waals surface area contributed by atoms with E-state index in [1.54, 1.807) is 0 Å². The molecule has 0 aliphatic heterocycles. The van der Waals surface area contributed by atoms with Crippen LogP contribution < -0.4 is 0 Å². The van der Waals surface area contributed by atoms with Crippen LogP contribution >= 0.6 is 0 Å². The van der Waals surface area contributed by atoms with Crippen molar-refractivity contribution in [3.05, 3.63) is 0 Å². The van der Waals surface area contributed by atoms with Gasteiger partial charge in [0.15, 0.2) is 0 Å². The van der Waals surface area contributed by atoms with Crippen LogP contribution in [0.2, 0.25) is 0 Å². The van der Waals surface area contributed by atoms with Gasteiger partial charge in [0, 0.05) is 0 Å². The largest absolute Gasteiger partial charge is 0.393 e. The molecule has 3 aliphatic rings. The molecule has 3 aliphatic carbocycles. The molecule has 5 atom stereocenters. The van der Waals surface area contributed by atoms with E-state index in [4.69, 9.17) is 0 Å². The first-order valence-corrected chi connectivity index (χ1v) is 6.65. The van der Waals surface area contributed by atoms with Crippen molar-refractivity contribution >= 4 is 0 Å². The van der Waals surface area contributed by atoms with Crippen LogP contribution in [-0.4, -0.2) is 11.2 Å². The zero-order chi connectivity index (χ0) is 10.8. The summed E-state index contributed by atoms with van der Waals surface area (Å²) < 4.78 is 0.